The van der Waals surface area contributed by atoms with E-state index in [1.54, 1.807) is 0 Å². The Balaban J connectivity index is 4.11. The number of rotatable bonds is 37. The Bertz CT molecular complexity index is 883. The lowest BCUT2D eigenvalue weighted by Gasteiger charge is -2.19. The van der Waals surface area contributed by atoms with Crippen LogP contribution in [0.15, 0.2) is 48.6 Å². The molecule has 7 heteroatoms. The molecule has 0 saturated carbocycles. The van der Waals surface area contributed by atoms with Gasteiger partial charge in [0.2, 0.25) is 0 Å². The number of hydrogen-bond acceptors (Lipinski definition) is 6. The molecule has 0 aromatic rings. The second kappa shape index (κ2) is 40.4. The highest BCUT2D eigenvalue weighted by atomic mass is 16.6. The van der Waals surface area contributed by atoms with Gasteiger partial charge in [-0.3, -0.25) is 4.79 Å². The van der Waals surface area contributed by atoms with Crippen LogP contribution in [0, 0.1) is 0 Å². The molecule has 0 spiro atoms. The highest BCUT2D eigenvalue weighted by Crippen LogP contribution is 2.12. The van der Waals surface area contributed by atoms with E-state index in [9.17, 15) is 9.59 Å². The minimum atomic E-state index is -0.476. The van der Waals surface area contributed by atoms with Gasteiger partial charge in [-0.1, -0.05) is 140 Å². The van der Waals surface area contributed by atoms with E-state index in [1.807, 2.05) is 19.0 Å². The predicted octanol–water partition coefficient (Wildman–Crippen LogP) is 11.8. The first-order chi connectivity index (χ1) is 25.0. The normalized spacial score (nSPS) is 12.6. The Hall–Kier alpha value is -2.38. The number of alkyl carbamates (subject to hydrolysis) is 1. The number of amides is 1. The Labute approximate surface area is 315 Å². The smallest absolute Gasteiger partial charge is 0.407 e. The summed E-state index contributed by atoms with van der Waals surface area (Å²) >= 11 is 0. The molecule has 0 saturated heterocycles. The number of allylic oxidation sites excluding steroid dienone is 8. The fraction of sp³-hybridized carbons (Fsp3) is 0.773. The molecular formula is C44H80N2O5. The number of hydrogen-bond donors (Lipinski definition) is 1. The van der Waals surface area contributed by atoms with Gasteiger partial charge in [0.05, 0.1) is 6.54 Å². The van der Waals surface area contributed by atoms with E-state index in [-0.39, 0.29) is 25.2 Å². The third-order valence-electron chi connectivity index (χ3n) is 8.72. The molecule has 1 amide bonds. The van der Waals surface area contributed by atoms with E-state index in [0.717, 1.165) is 64.2 Å². The Morgan fingerprint density at radius 1 is 0.588 bits per heavy atom. The SMILES string of the molecule is CC/C=C\C/C=C\C/C=C\CCCCCCCCOC(CNC(=O)OCCN(C)C)COC(=O)CCCCCCC/C=C\CCCCCCCC. The van der Waals surface area contributed by atoms with Crippen LogP contribution in [-0.2, 0) is 19.0 Å². The molecule has 296 valence electrons. The summed E-state index contributed by atoms with van der Waals surface area (Å²) in [7, 11) is 3.87. The second-order valence-electron chi connectivity index (χ2n) is 14.0. The monoisotopic (exact) mass is 717 g/mol. The molecule has 0 fully saturated rings. The van der Waals surface area contributed by atoms with Gasteiger partial charge in [-0.2, -0.15) is 0 Å². The van der Waals surface area contributed by atoms with Crippen molar-refractivity contribution in [2.75, 3.05) is 47.0 Å². The molecule has 1 N–H and O–H groups in total. The molecule has 7 nitrogen and oxygen atoms in total. The van der Waals surface area contributed by atoms with E-state index in [0.29, 0.717) is 26.2 Å². The fourth-order valence-corrected chi connectivity index (χ4v) is 5.48. The van der Waals surface area contributed by atoms with Crippen molar-refractivity contribution >= 4 is 12.1 Å². The summed E-state index contributed by atoms with van der Waals surface area (Å²) in [5.41, 5.74) is 0. The standard InChI is InChI=1S/C44H80N2O5/c1-5-7-9-11-13-15-17-19-21-23-25-27-29-31-33-35-38-49-42(40-45-44(48)50-39-37-46(3)4)41-51-43(47)36-34-32-30-28-26-24-22-20-18-16-14-12-10-8-6-2/h7,9,13,15,19-22,42H,5-6,8,10-12,14,16-18,23-41H2,1-4H3,(H,45,48)/b9-7-,15-13-,21-19-,22-20-. The van der Waals surface area contributed by atoms with Crippen LogP contribution < -0.4 is 5.32 Å². The third-order valence-corrected chi connectivity index (χ3v) is 8.72. The van der Waals surface area contributed by atoms with Crippen LogP contribution in [0.1, 0.15) is 168 Å². The van der Waals surface area contributed by atoms with Crippen molar-refractivity contribution in [3.8, 4) is 0 Å². The van der Waals surface area contributed by atoms with Gasteiger partial charge in [-0.25, -0.2) is 4.79 Å². The van der Waals surface area contributed by atoms with Crippen LogP contribution >= 0.6 is 0 Å². The molecule has 0 rings (SSSR count). The van der Waals surface area contributed by atoms with Gasteiger partial charge < -0.3 is 24.4 Å². The number of carbonyl (C=O) groups is 2. The number of likely N-dealkylation sites (N-methyl/N-ethyl adjacent to an activating group) is 1. The fourth-order valence-electron chi connectivity index (χ4n) is 5.48. The van der Waals surface area contributed by atoms with Crippen LogP contribution in [0.5, 0.6) is 0 Å². The maximum Gasteiger partial charge on any atom is 0.407 e. The summed E-state index contributed by atoms with van der Waals surface area (Å²) in [5.74, 6) is -0.194. The number of ether oxygens (including phenoxy) is 3. The van der Waals surface area contributed by atoms with Gasteiger partial charge in [0.1, 0.15) is 19.3 Å². The highest BCUT2D eigenvalue weighted by Gasteiger charge is 2.15. The van der Waals surface area contributed by atoms with E-state index < -0.39 is 6.09 Å². The number of nitrogens with zero attached hydrogens (tertiary/aromatic N) is 1. The van der Waals surface area contributed by atoms with Gasteiger partial charge in [0, 0.05) is 19.6 Å². The van der Waals surface area contributed by atoms with Gasteiger partial charge >= 0.3 is 12.1 Å². The molecule has 0 heterocycles. The van der Waals surface area contributed by atoms with Gasteiger partial charge in [0.15, 0.2) is 0 Å². The molecule has 0 aromatic carbocycles. The zero-order chi connectivity index (χ0) is 37.3. The minimum absolute atomic E-state index is 0.140. The first-order valence-electron chi connectivity index (χ1n) is 20.9. The number of unbranched alkanes of at least 4 members (excludes halogenated alkanes) is 17. The molecule has 0 radical (unpaired) electrons. The molecular weight excluding hydrogens is 636 g/mol. The highest BCUT2D eigenvalue weighted by molar-refractivity contribution is 5.69. The predicted molar refractivity (Wildman–Crippen MR) is 217 cm³/mol. The number of nitrogens with one attached hydrogen (secondary N) is 1. The van der Waals surface area contributed by atoms with Crippen LogP contribution in [-0.4, -0.2) is 70.1 Å². The lowest BCUT2D eigenvalue weighted by molar-refractivity contribution is -0.148. The summed E-state index contributed by atoms with van der Waals surface area (Å²) in [5, 5.41) is 2.77. The maximum absolute atomic E-state index is 12.4. The summed E-state index contributed by atoms with van der Waals surface area (Å²) in [6.45, 7) is 6.38. The zero-order valence-electron chi connectivity index (χ0n) is 33.7. The van der Waals surface area contributed by atoms with E-state index >= 15 is 0 Å². The van der Waals surface area contributed by atoms with E-state index in [4.69, 9.17) is 14.2 Å². The molecule has 1 atom stereocenters. The molecule has 51 heavy (non-hydrogen) atoms. The summed E-state index contributed by atoms with van der Waals surface area (Å²) < 4.78 is 16.9. The summed E-state index contributed by atoms with van der Waals surface area (Å²) in [6.07, 6.45) is 44.9. The van der Waals surface area contributed by atoms with Gasteiger partial charge in [0.25, 0.3) is 0 Å². The topological polar surface area (TPSA) is 77.1 Å². The molecule has 0 aliphatic carbocycles. The first-order valence-corrected chi connectivity index (χ1v) is 20.9. The lowest BCUT2D eigenvalue weighted by atomic mass is 10.1. The third kappa shape index (κ3) is 40.3. The number of esters is 1. The van der Waals surface area contributed by atoms with Crippen molar-refractivity contribution in [3.05, 3.63) is 48.6 Å². The van der Waals surface area contributed by atoms with Crippen LogP contribution in [0.2, 0.25) is 0 Å². The average Bonchev–Trinajstić information content (AvgIpc) is 3.11. The molecule has 0 bridgehead atoms. The Morgan fingerprint density at radius 3 is 1.69 bits per heavy atom. The number of carbonyl (C=O) groups excluding carboxylic acids is 2. The van der Waals surface area contributed by atoms with Crippen molar-refractivity contribution in [1.29, 1.82) is 0 Å². The second-order valence-corrected chi connectivity index (χ2v) is 14.0. The van der Waals surface area contributed by atoms with Crippen molar-refractivity contribution in [1.82, 2.24) is 10.2 Å². The van der Waals surface area contributed by atoms with E-state index in [2.05, 4.69) is 67.8 Å². The van der Waals surface area contributed by atoms with Crippen molar-refractivity contribution in [2.45, 2.75) is 174 Å². The molecule has 0 aromatic heterocycles. The Morgan fingerprint density at radius 2 is 1.10 bits per heavy atom. The van der Waals surface area contributed by atoms with Crippen LogP contribution in [0.3, 0.4) is 0 Å². The van der Waals surface area contributed by atoms with Crippen molar-refractivity contribution in [2.24, 2.45) is 0 Å². The van der Waals surface area contributed by atoms with E-state index in [1.165, 1.54) is 83.5 Å². The van der Waals surface area contributed by atoms with Crippen molar-refractivity contribution in [3.63, 3.8) is 0 Å². The quantitative estimate of drug-likeness (QED) is 0.0392. The van der Waals surface area contributed by atoms with Crippen molar-refractivity contribution < 1.29 is 23.8 Å². The summed E-state index contributed by atoms with van der Waals surface area (Å²) in [4.78, 5) is 26.5. The van der Waals surface area contributed by atoms with Gasteiger partial charge in [-0.15, -0.1) is 0 Å². The molecule has 1 unspecified atom stereocenters. The zero-order valence-corrected chi connectivity index (χ0v) is 33.7. The minimum Gasteiger partial charge on any atom is -0.463 e. The largest absolute Gasteiger partial charge is 0.463 e. The summed E-state index contributed by atoms with van der Waals surface area (Å²) in [6, 6.07) is 0. The van der Waals surface area contributed by atoms with Crippen LogP contribution in [0.25, 0.3) is 0 Å². The average molecular weight is 717 g/mol. The maximum atomic E-state index is 12.4. The van der Waals surface area contributed by atoms with Crippen LogP contribution in [0.4, 0.5) is 4.79 Å². The lowest BCUT2D eigenvalue weighted by Crippen LogP contribution is -2.38. The first kappa shape index (κ1) is 48.6. The molecule has 0 aliphatic heterocycles. The molecule has 0 aliphatic rings. The Kier molecular flexibility index (Phi) is 38.5. The van der Waals surface area contributed by atoms with Gasteiger partial charge in [-0.05, 0) is 84.7 Å².